The molecule has 25 heavy (non-hydrogen) atoms. The van der Waals surface area contributed by atoms with Gasteiger partial charge in [0.1, 0.15) is 0 Å². The molecule has 5 nitrogen and oxygen atoms in total. The lowest BCUT2D eigenvalue weighted by atomic mass is 10.1. The minimum atomic E-state index is -0.385. The zero-order valence-corrected chi connectivity index (χ0v) is 14.3. The third-order valence-electron chi connectivity index (χ3n) is 3.37. The molecular formula is C20H21N3O2. The summed E-state index contributed by atoms with van der Waals surface area (Å²) in [5, 5.41) is 6.44. The van der Waals surface area contributed by atoms with Crippen molar-refractivity contribution in [1.29, 1.82) is 0 Å². The van der Waals surface area contributed by atoms with E-state index in [0.29, 0.717) is 5.56 Å². The number of carbonyl (C=O) groups is 2. The Hall–Kier alpha value is -3.21. The highest BCUT2D eigenvalue weighted by Gasteiger charge is 2.06. The van der Waals surface area contributed by atoms with Gasteiger partial charge < -0.3 is 5.32 Å². The average molecular weight is 335 g/mol. The maximum absolute atomic E-state index is 11.9. The van der Waals surface area contributed by atoms with Crippen molar-refractivity contribution < 1.29 is 9.59 Å². The first-order chi connectivity index (χ1) is 12.0. The van der Waals surface area contributed by atoms with Crippen LogP contribution in [0.4, 0.5) is 0 Å². The van der Waals surface area contributed by atoms with Crippen LogP contribution in [0.25, 0.3) is 6.08 Å². The summed E-state index contributed by atoms with van der Waals surface area (Å²) in [6, 6.07) is 17.0. The second kappa shape index (κ2) is 9.17. The van der Waals surface area contributed by atoms with Crippen LogP contribution in [0.3, 0.4) is 0 Å². The van der Waals surface area contributed by atoms with Crippen molar-refractivity contribution in [3.8, 4) is 0 Å². The van der Waals surface area contributed by atoms with E-state index >= 15 is 0 Å². The van der Waals surface area contributed by atoms with Crippen LogP contribution in [0.2, 0.25) is 0 Å². The van der Waals surface area contributed by atoms with Crippen LogP contribution < -0.4 is 10.7 Å². The van der Waals surface area contributed by atoms with Crippen molar-refractivity contribution >= 4 is 24.1 Å². The summed E-state index contributed by atoms with van der Waals surface area (Å²) in [5.74, 6) is -0.677. The van der Waals surface area contributed by atoms with E-state index in [9.17, 15) is 9.59 Å². The van der Waals surface area contributed by atoms with E-state index in [-0.39, 0.29) is 18.4 Å². The summed E-state index contributed by atoms with van der Waals surface area (Å²) in [5.41, 5.74) is 5.94. The number of hydrogen-bond donors (Lipinski definition) is 2. The number of aryl methyl sites for hydroxylation is 1. The van der Waals surface area contributed by atoms with E-state index in [1.165, 1.54) is 0 Å². The van der Waals surface area contributed by atoms with Crippen LogP contribution in [-0.4, -0.2) is 24.6 Å². The van der Waals surface area contributed by atoms with Crippen molar-refractivity contribution in [3.63, 3.8) is 0 Å². The van der Waals surface area contributed by atoms with E-state index in [4.69, 9.17) is 0 Å². The predicted octanol–water partition coefficient (Wildman–Crippen LogP) is 2.93. The van der Waals surface area contributed by atoms with Gasteiger partial charge in [0.15, 0.2) is 0 Å². The van der Waals surface area contributed by atoms with Crippen molar-refractivity contribution in [1.82, 2.24) is 10.7 Å². The number of amides is 2. The Morgan fingerprint density at radius 2 is 1.72 bits per heavy atom. The molecule has 0 spiro atoms. The summed E-state index contributed by atoms with van der Waals surface area (Å²) < 4.78 is 0. The molecule has 0 aliphatic carbocycles. The highest BCUT2D eigenvalue weighted by molar-refractivity contribution is 5.96. The zero-order valence-electron chi connectivity index (χ0n) is 14.3. The zero-order chi connectivity index (χ0) is 18.1. The van der Waals surface area contributed by atoms with Gasteiger partial charge >= 0.3 is 0 Å². The Labute approximate surface area is 147 Å². The SMILES string of the molecule is CC(C=NNC(=O)CNC(=O)c1ccc(C)cc1)=Cc1ccccc1. The molecule has 2 amide bonds. The number of hydrogen-bond acceptors (Lipinski definition) is 3. The van der Waals surface area contributed by atoms with Gasteiger partial charge in [0.05, 0.1) is 12.8 Å². The smallest absolute Gasteiger partial charge is 0.259 e. The Bertz CT molecular complexity index is 778. The van der Waals surface area contributed by atoms with Crippen LogP contribution >= 0.6 is 0 Å². The lowest BCUT2D eigenvalue weighted by Gasteiger charge is -2.04. The highest BCUT2D eigenvalue weighted by Crippen LogP contribution is 2.04. The Kier molecular flexibility index (Phi) is 6.65. The maximum Gasteiger partial charge on any atom is 0.259 e. The Morgan fingerprint density at radius 3 is 2.40 bits per heavy atom. The van der Waals surface area contributed by atoms with E-state index in [2.05, 4.69) is 15.8 Å². The van der Waals surface area contributed by atoms with Crippen LogP contribution in [-0.2, 0) is 4.79 Å². The van der Waals surface area contributed by atoms with Crippen LogP contribution in [0.15, 0.2) is 65.3 Å². The third kappa shape index (κ3) is 6.43. The third-order valence-corrected chi connectivity index (χ3v) is 3.37. The molecule has 0 saturated heterocycles. The minimum absolute atomic E-state index is 0.133. The predicted molar refractivity (Wildman–Crippen MR) is 100 cm³/mol. The first kappa shape index (κ1) is 18.1. The lowest BCUT2D eigenvalue weighted by molar-refractivity contribution is -0.120. The topological polar surface area (TPSA) is 70.6 Å². The number of benzene rings is 2. The van der Waals surface area contributed by atoms with Crippen molar-refractivity contribution in [2.24, 2.45) is 5.10 Å². The van der Waals surface area contributed by atoms with Crippen LogP contribution in [0.5, 0.6) is 0 Å². The number of rotatable bonds is 6. The molecule has 2 rings (SSSR count). The molecule has 2 N–H and O–H groups in total. The van der Waals surface area contributed by atoms with E-state index in [1.54, 1.807) is 18.3 Å². The molecule has 0 saturated carbocycles. The number of nitrogens with zero attached hydrogens (tertiary/aromatic N) is 1. The maximum atomic E-state index is 11.9. The average Bonchev–Trinajstić information content (AvgIpc) is 2.61. The quantitative estimate of drug-likeness (QED) is 0.629. The number of carbonyl (C=O) groups excluding carboxylic acids is 2. The highest BCUT2D eigenvalue weighted by atomic mass is 16.2. The van der Waals surface area contributed by atoms with Crippen LogP contribution in [0.1, 0.15) is 28.4 Å². The van der Waals surface area contributed by atoms with Gasteiger partial charge in [-0.3, -0.25) is 9.59 Å². The summed E-state index contributed by atoms with van der Waals surface area (Å²) in [4.78, 5) is 23.6. The standard InChI is InChI=1S/C20H21N3O2/c1-15-8-10-18(11-9-15)20(25)21-14-19(24)23-22-13-16(2)12-17-6-4-3-5-7-17/h3-13H,14H2,1-2H3,(H,21,25)(H,23,24). The monoisotopic (exact) mass is 335 g/mol. The van der Waals surface area contributed by atoms with Gasteiger partial charge in [-0.1, -0.05) is 54.1 Å². The van der Waals surface area contributed by atoms with Crippen molar-refractivity contribution in [2.75, 3.05) is 6.54 Å². The molecule has 0 bridgehead atoms. The molecule has 2 aromatic carbocycles. The molecule has 5 heteroatoms. The van der Waals surface area contributed by atoms with Gasteiger partial charge in [0.2, 0.25) is 0 Å². The van der Waals surface area contributed by atoms with E-state index in [1.807, 2.05) is 62.4 Å². The molecule has 128 valence electrons. The first-order valence-electron chi connectivity index (χ1n) is 7.95. The number of nitrogens with one attached hydrogen (secondary N) is 2. The fourth-order valence-corrected chi connectivity index (χ4v) is 2.06. The minimum Gasteiger partial charge on any atom is -0.343 e. The summed E-state index contributed by atoms with van der Waals surface area (Å²) >= 11 is 0. The fraction of sp³-hybridized carbons (Fsp3) is 0.150. The molecule has 0 aliphatic heterocycles. The second-order valence-electron chi connectivity index (χ2n) is 5.64. The largest absolute Gasteiger partial charge is 0.343 e. The molecule has 0 radical (unpaired) electrons. The van der Waals surface area contributed by atoms with E-state index < -0.39 is 0 Å². The molecule has 0 aromatic heterocycles. The summed E-state index contributed by atoms with van der Waals surface area (Å²) in [6.45, 7) is 3.70. The Morgan fingerprint density at radius 1 is 1.04 bits per heavy atom. The Balaban J connectivity index is 1.77. The summed E-state index contributed by atoms with van der Waals surface area (Å²) in [6.07, 6.45) is 3.52. The van der Waals surface area contributed by atoms with Gasteiger partial charge in [0.25, 0.3) is 11.8 Å². The number of hydrazone groups is 1. The first-order valence-corrected chi connectivity index (χ1v) is 7.95. The van der Waals surface area contributed by atoms with Gasteiger partial charge in [-0.2, -0.15) is 5.10 Å². The van der Waals surface area contributed by atoms with Gasteiger partial charge in [-0.15, -0.1) is 0 Å². The van der Waals surface area contributed by atoms with Crippen molar-refractivity contribution in [2.45, 2.75) is 13.8 Å². The molecule has 0 unspecified atom stereocenters. The van der Waals surface area contributed by atoms with Gasteiger partial charge in [-0.05, 0) is 37.1 Å². The summed E-state index contributed by atoms with van der Waals surface area (Å²) in [7, 11) is 0. The number of allylic oxidation sites excluding steroid dienone is 1. The second-order valence-corrected chi connectivity index (χ2v) is 5.64. The lowest BCUT2D eigenvalue weighted by Crippen LogP contribution is -2.34. The molecule has 0 heterocycles. The van der Waals surface area contributed by atoms with Crippen molar-refractivity contribution in [3.05, 3.63) is 76.9 Å². The van der Waals surface area contributed by atoms with E-state index in [0.717, 1.165) is 16.7 Å². The molecular weight excluding hydrogens is 314 g/mol. The normalized spacial score (nSPS) is 11.4. The van der Waals surface area contributed by atoms with Gasteiger partial charge in [-0.25, -0.2) is 5.43 Å². The molecule has 0 atom stereocenters. The molecule has 2 aromatic rings. The van der Waals surface area contributed by atoms with Crippen LogP contribution in [0, 0.1) is 6.92 Å². The molecule has 0 aliphatic rings. The fourth-order valence-electron chi connectivity index (χ4n) is 2.06. The molecule has 0 fully saturated rings. The van der Waals surface area contributed by atoms with Gasteiger partial charge in [0, 0.05) is 5.56 Å².